The van der Waals surface area contributed by atoms with E-state index in [1.807, 2.05) is 12.3 Å². The third-order valence-corrected chi connectivity index (χ3v) is 3.20. The van der Waals surface area contributed by atoms with Gasteiger partial charge in [0.15, 0.2) is 0 Å². The van der Waals surface area contributed by atoms with Gasteiger partial charge in [0, 0.05) is 16.6 Å². The highest BCUT2D eigenvalue weighted by atomic mass is 32.1. The molecular weight excluding hydrogens is 182 g/mol. The van der Waals surface area contributed by atoms with Crippen LogP contribution in [0.5, 0.6) is 0 Å². The molecule has 1 aromatic rings. The van der Waals surface area contributed by atoms with E-state index in [1.54, 1.807) is 13.8 Å². The van der Waals surface area contributed by atoms with Gasteiger partial charge in [-0.05, 0) is 20.8 Å². The van der Waals surface area contributed by atoms with E-state index in [9.17, 15) is 5.11 Å². The zero-order chi connectivity index (χ0) is 10.1. The summed E-state index contributed by atoms with van der Waals surface area (Å²) in [7, 11) is 0. The first-order chi connectivity index (χ1) is 5.98. The summed E-state index contributed by atoms with van der Waals surface area (Å²) < 4.78 is 0. The Morgan fingerprint density at radius 1 is 1.77 bits per heavy atom. The second kappa shape index (κ2) is 3.46. The lowest BCUT2D eigenvalue weighted by molar-refractivity contribution is 0.0974. The van der Waals surface area contributed by atoms with Crippen molar-refractivity contribution in [1.82, 2.24) is 4.98 Å². The first kappa shape index (κ1) is 10.2. The maximum Gasteiger partial charge on any atom is 0.141 e. The topological polar surface area (TPSA) is 33.1 Å². The fourth-order valence-corrected chi connectivity index (χ4v) is 1.82. The molecule has 0 bridgehead atoms. The number of thiazole rings is 1. The van der Waals surface area contributed by atoms with Gasteiger partial charge in [0.25, 0.3) is 0 Å². The van der Waals surface area contributed by atoms with Crippen LogP contribution in [0.15, 0.2) is 23.3 Å². The van der Waals surface area contributed by atoms with Gasteiger partial charge in [-0.3, -0.25) is 0 Å². The summed E-state index contributed by atoms with van der Waals surface area (Å²) in [6.45, 7) is 8.92. The van der Waals surface area contributed by atoms with Crippen molar-refractivity contribution in [1.29, 1.82) is 0 Å². The van der Waals surface area contributed by atoms with Crippen molar-refractivity contribution >= 4 is 11.3 Å². The molecule has 2 nitrogen and oxygen atoms in total. The SMILES string of the molecule is C=C=C(C)C(C)(O)c1nc(C)cs1. The largest absolute Gasteiger partial charge is 0.378 e. The minimum atomic E-state index is -1.03. The molecule has 70 valence electrons. The molecule has 0 spiro atoms. The second-order valence-corrected chi connectivity index (χ2v) is 4.03. The summed E-state index contributed by atoms with van der Waals surface area (Å²) in [5.41, 5.74) is 3.29. The van der Waals surface area contributed by atoms with E-state index in [1.165, 1.54) is 11.3 Å². The van der Waals surface area contributed by atoms with Crippen molar-refractivity contribution in [2.24, 2.45) is 0 Å². The van der Waals surface area contributed by atoms with Crippen LogP contribution in [0.3, 0.4) is 0 Å². The van der Waals surface area contributed by atoms with E-state index in [2.05, 4.69) is 17.3 Å². The molecule has 1 heterocycles. The molecule has 0 aliphatic rings. The zero-order valence-corrected chi connectivity index (χ0v) is 8.90. The lowest BCUT2D eigenvalue weighted by Gasteiger charge is -2.19. The molecule has 1 unspecified atom stereocenters. The highest BCUT2D eigenvalue weighted by molar-refractivity contribution is 7.09. The van der Waals surface area contributed by atoms with E-state index >= 15 is 0 Å². The zero-order valence-electron chi connectivity index (χ0n) is 8.09. The smallest absolute Gasteiger partial charge is 0.141 e. The number of rotatable bonds is 2. The van der Waals surface area contributed by atoms with Gasteiger partial charge in [-0.1, -0.05) is 6.58 Å². The van der Waals surface area contributed by atoms with Gasteiger partial charge in [-0.15, -0.1) is 17.1 Å². The molecule has 0 aliphatic carbocycles. The minimum Gasteiger partial charge on any atom is -0.378 e. The van der Waals surface area contributed by atoms with Crippen LogP contribution in [0.4, 0.5) is 0 Å². The lowest BCUT2D eigenvalue weighted by atomic mass is 9.99. The molecule has 0 aliphatic heterocycles. The lowest BCUT2D eigenvalue weighted by Crippen LogP contribution is -2.21. The first-order valence-electron chi connectivity index (χ1n) is 4.00. The van der Waals surface area contributed by atoms with Crippen molar-refractivity contribution < 1.29 is 5.11 Å². The standard InChI is InChI=1S/C10H13NOS/c1-5-7(2)10(4,12)9-11-8(3)6-13-9/h6,12H,1H2,2-4H3. The average molecular weight is 195 g/mol. The number of aliphatic hydroxyl groups is 1. The van der Waals surface area contributed by atoms with Crippen molar-refractivity contribution in [2.75, 3.05) is 0 Å². The molecule has 13 heavy (non-hydrogen) atoms. The van der Waals surface area contributed by atoms with Crippen LogP contribution in [0, 0.1) is 6.92 Å². The number of nitrogens with zero attached hydrogens (tertiary/aromatic N) is 1. The van der Waals surface area contributed by atoms with Crippen LogP contribution in [0.25, 0.3) is 0 Å². The Labute approximate surface area is 82.3 Å². The molecular formula is C10H13NOS. The molecule has 1 rings (SSSR count). The van der Waals surface area contributed by atoms with Gasteiger partial charge < -0.3 is 5.11 Å². The molecule has 0 saturated heterocycles. The summed E-state index contributed by atoms with van der Waals surface area (Å²) >= 11 is 1.45. The maximum absolute atomic E-state index is 10.1. The van der Waals surface area contributed by atoms with Crippen LogP contribution in [-0.2, 0) is 5.60 Å². The van der Waals surface area contributed by atoms with Gasteiger partial charge >= 0.3 is 0 Å². The van der Waals surface area contributed by atoms with Crippen LogP contribution >= 0.6 is 11.3 Å². The highest BCUT2D eigenvalue weighted by Gasteiger charge is 2.28. The highest BCUT2D eigenvalue weighted by Crippen LogP contribution is 2.30. The molecule has 0 amide bonds. The Hall–Kier alpha value is -0.890. The van der Waals surface area contributed by atoms with Crippen LogP contribution in [0.2, 0.25) is 0 Å². The van der Waals surface area contributed by atoms with Gasteiger partial charge in [0.1, 0.15) is 10.6 Å². The number of hydrogen-bond donors (Lipinski definition) is 1. The van der Waals surface area contributed by atoms with E-state index in [0.29, 0.717) is 10.6 Å². The van der Waals surface area contributed by atoms with Gasteiger partial charge in [0.05, 0.1) is 0 Å². The van der Waals surface area contributed by atoms with E-state index in [-0.39, 0.29) is 0 Å². The number of aryl methyl sites for hydroxylation is 1. The Kier molecular flexibility index (Phi) is 2.71. The predicted octanol–water partition coefficient (Wildman–Crippen LogP) is 2.39. The van der Waals surface area contributed by atoms with Crippen molar-refractivity contribution in [2.45, 2.75) is 26.4 Å². The summed E-state index contributed by atoms with van der Waals surface area (Å²) in [5, 5.41) is 12.7. The number of aromatic nitrogens is 1. The van der Waals surface area contributed by atoms with Crippen LogP contribution < -0.4 is 0 Å². The molecule has 0 fully saturated rings. The summed E-state index contributed by atoms with van der Waals surface area (Å²) in [6, 6.07) is 0. The van der Waals surface area contributed by atoms with E-state index in [0.717, 1.165) is 5.69 Å². The maximum atomic E-state index is 10.1. The minimum absolute atomic E-state index is 0.693. The average Bonchev–Trinajstić information content (AvgIpc) is 2.50. The fraction of sp³-hybridized carbons (Fsp3) is 0.400. The fourth-order valence-electron chi connectivity index (χ4n) is 0.910. The first-order valence-corrected chi connectivity index (χ1v) is 4.88. The summed E-state index contributed by atoms with van der Waals surface area (Å²) in [5.74, 6) is 0. The van der Waals surface area contributed by atoms with Gasteiger partial charge in [0.2, 0.25) is 0 Å². The molecule has 0 radical (unpaired) electrons. The summed E-state index contributed by atoms with van der Waals surface area (Å²) in [6.07, 6.45) is 0. The van der Waals surface area contributed by atoms with Crippen molar-refractivity contribution in [3.05, 3.63) is 34.0 Å². The van der Waals surface area contributed by atoms with Crippen LogP contribution in [-0.4, -0.2) is 10.1 Å². The molecule has 0 saturated carbocycles. The van der Waals surface area contributed by atoms with Crippen molar-refractivity contribution in [3.8, 4) is 0 Å². The van der Waals surface area contributed by atoms with Crippen molar-refractivity contribution in [3.63, 3.8) is 0 Å². The molecule has 3 heteroatoms. The Morgan fingerprint density at radius 3 is 2.77 bits per heavy atom. The molecule has 1 aromatic heterocycles. The molecule has 0 aromatic carbocycles. The van der Waals surface area contributed by atoms with Gasteiger partial charge in [-0.2, -0.15) is 0 Å². The third-order valence-electron chi connectivity index (χ3n) is 2.03. The second-order valence-electron chi connectivity index (χ2n) is 3.17. The summed E-state index contributed by atoms with van der Waals surface area (Å²) in [4.78, 5) is 4.23. The Balaban J connectivity index is 3.14. The predicted molar refractivity (Wildman–Crippen MR) is 54.7 cm³/mol. The third kappa shape index (κ3) is 1.89. The monoisotopic (exact) mass is 195 g/mol. The molecule has 1 atom stereocenters. The number of hydrogen-bond acceptors (Lipinski definition) is 3. The normalized spacial score (nSPS) is 14.8. The van der Waals surface area contributed by atoms with E-state index < -0.39 is 5.60 Å². The molecule has 1 N–H and O–H groups in total. The Bertz CT molecular complexity index is 359. The quantitative estimate of drug-likeness (QED) is 0.735. The van der Waals surface area contributed by atoms with E-state index in [4.69, 9.17) is 0 Å². The Morgan fingerprint density at radius 2 is 2.38 bits per heavy atom. The van der Waals surface area contributed by atoms with Gasteiger partial charge in [-0.25, -0.2) is 4.98 Å². The van der Waals surface area contributed by atoms with Crippen LogP contribution in [0.1, 0.15) is 24.5 Å².